The first-order valence-corrected chi connectivity index (χ1v) is 8.16. The summed E-state index contributed by atoms with van der Waals surface area (Å²) in [4.78, 5) is 38.4. The number of nitrogens with zero attached hydrogens (tertiary/aromatic N) is 2. The fourth-order valence-electron chi connectivity index (χ4n) is 2.81. The van der Waals surface area contributed by atoms with Gasteiger partial charge >= 0.3 is 6.03 Å². The molecule has 3 rings (SSSR count). The molecule has 0 radical (unpaired) electrons. The van der Waals surface area contributed by atoms with Crippen LogP contribution in [0.25, 0.3) is 0 Å². The van der Waals surface area contributed by atoms with Gasteiger partial charge in [0.05, 0.1) is 18.2 Å². The van der Waals surface area contributed by atoms with Gasteiger partial charge in [-0.3, -0.25) is 14.5 Å². The monoisotopic (exact) mass is 367 g/mol. The number of hydrogen-bond acceptors (Lipinski definition) is 4. The Morgan fingerprint density at radius 2 is 1.92 bits per heavy atom. The molecular formula is C19H14ClN3O3. The zero-order valence-corrected chi connectivity index (χ0v) is 14.6. The van der Waals surface area contributed by atoms with Crippen molar-refractivity contribution in [1.29, 1.82) is 5.26 Å². The molecule has 1 heterocycles. The Kier molecular flexibility index (Phi) is 4.49. The molecule has 1 N–H and O–H groups in total. The Morgan fingerprint density at radius 1 is 1.23 bits per heavy atom. The first-order chi connectivity index (χ1) is 12.3. The van der Waals surface area contributed by atoms with Crippen LogP contribution in [0.15, 0.2) is 48.5 Å². The van der Waals surface area contributed by atoms with Crippen LogP contribution in [-0.4, -0.2) is 29.2 Å². The second-order valence-electron chi connectivity index (χ2n) is 6.07. The van der Waals surface area contributed by atoms with Gasteiger partial charge in [-0.2, -0.15) is 5.26 Å². The number of imide groups is 1. The largest absolute Gasteiger partial charge is 0.325 e. The molecule has 3 amide bonds. The maximum absolute atomic E-state index is 12.8. The molecule has 0 bridgehead atoms. The average Bonchev–Trinajstić information content (AvgIpc) is 2.86. The lowest BCUT2D eigenvalue weighted by molar-refractivity contribution is -0.130. The summed E-state index contributed by atoms with van der Waals surface area (Å²) in [7, 11) is 0. The molecule has 1 aliphatic rings. The normalized spacial score (nSPS) is 19.2. The van der Waals surface area contributed by atoms with Crippen molar-refractivity contribution in [2.24, 2.45) is 0 Å². The molecule has 130 valence electrons. The number of nitrogens with one attached hydrogen (secondary N) is 1. The van der Waals surface area contributed by atoms with Gasteiger partial charge < -0.3 is 5.32 Å². The Morgan fingerprint density at radius 3 is 2.58 bits per heavy atom. The topological polar surface area (TPSA) is 90.3 Å². The predicted molar refractivity (Wildman–Crippen MR) is 94.5 cm³/mol. The van der Waals surface area contributed by atoms with E-state index in [4.69, 9.17) is 16.9 Å². The first-order valence-electron chi connectivity index (χ1n) is 7.78. The van der Waals surface area contributed by atoms with Crippen LogP contribution in [0.2, 0.25) is 5.02 Å². The van der Waals surface area contributed by atoms with Crippen LogP contribution in [0.3, 0.4) is 0 Å². The quantitative estimate of drug-likeness (QED) is 0.664. The Balaban J connectivity index is 1.85. The van der Waals surface area contributed by atoms with E-state index in [2.05, 4.69) is 5.32 Å². The summed E-state index contributed by atoms with van der Waals surface area (Å²) in [5.74, 6) is -0.917. The van der Waals surface area contributed by atoms with Gasteiger partial charge in [-0.25, -0.2) is 4.79 Å². The van der Waals surface area contributed by atoms with E-state index >= 15 is 0 Å². The minimum absolute atomic E-state index is 0.357. The molecule has 7 heteroatoms. The summed E-state index contributed by atoms with van der Waals surface area (Å²) in [6, 6.07) is 14.0. The van der Waals surface area contributed by atoms with E-state index in [1.165, 1.54) is 0 Å². The second-order valence-corrected chi connectivity index (χ2v) is 6.51. The first kappa shape index (κ1) is 17.6. The van der Waals surface area contributed by atoms with E-state index in [1.807, 2.05) is 6.07 Å². The third-order valence-electron chi connectivity index (χ3n) is 4.31. The molecule has 0 aliphatic carbocycles. The number of hydrogen-bond donors (Lipinski definition) is 1. The summed E-state index contributed by atoms with van der Waals surface area (Å²) in [5.41, 5.74) is -0.114. The third kappa shape index (κ3) is 3.05. The van der Waals surface area contributed by atoms with E-state index in [9.17, 15) is 14.4 Å². The predicted octanol–water partition coefficient (Wildman–Crippen LogP) is 2.86. The van der Waals surface area contributed by atoms with Gasteiger partial charge in [-0.15, -0.1) is 0 Å². The van der Waals surface area contributed by atoms with Crippen molar-refractivity contribution in [3.05, 3.63) is 70.2 Å². The number of Topliss-reactive ketones (excluding diaryl/α,β-unsaturated/α-hetero) is 1. The summed E-state index contributed by atoms with van der Waals surface area (Å²) in [6.45, 7) is 1.18. The van der Waals surface area contributed by atoms with Crippen LogP contribution in [0.5, 0.6) is 0 Å². The number of amides is 3. The highest BCUT2D eigenvalue weighted by Crippen LogP contribution is 2.29. The van der Waals surface area contributed by atoms with Gasteiger partial charge in [0, 0.05) is 10.6 Å². The molecule has 1 atom stereocenters. The molecule has 6 nitrogen and oxygen atoms in total. The average molecular weight is 368 g/mol. The van der Waals surface area contributed by atoms with Gasteiger partial charge in [0.15, 0.2) is 5.78 Å². The molecule has 1 fully saturated rings. The van der Waals surface area contributed by atoms with Crippen LogP contribution in [0.1, 0.15) is 28.4 Å². The number of carbonyl (C=O) groups is 3. The minimum atomic E-state index is -1.33. The summed E-state index contributed by atoms with van der Waals surface area (Å²) >= 11 is 5.80. The third-order valence-corrected chi connectivity index (χ3v) is 4.56. The molecule has 0 aromatic heterocycles. The van der Waals surface area contributed by atoms with E-state index in [0.717, 1.165) is 4.90 Å². The fraction of sp³-hybridized carbons (Fsp3) is 0.158. The molecule has 0 unspecified atom stereocenters. The molecule has 26 heavy (non-hydrogen) atoms. The van der Waals surface area contributed by atoms with E-state index in [-0.39, 0.29) is 12.3 Å². The van der Waals surface area contributed by atoms with Gasteiger partial charge in [-0.05, 0) is 48.9 Å². The maximum Gasteiger partial charge on any atom is 0.325 e. The Labute approximate surface area is 155 Å². The van der Waals surface area contributed by atoms with Crippen molar-refractivity contribution >= 4 is 29.3 Å². The van der Waals surface area contributed by atoms with Crippen LogP contribution < -0.4 is 5.32 Å². The van der Waals surface area contributed by atoms with E-state index < -0.39 is 17.5 Å². The molecule has 0 spiro atoms. The Bertz CT molecular complexity index is 949. The number of nitriles is 1. The lowest BCUT2D eigenvalue weighted by Crippen LogP contribution is -2.41. The van der Waals surface area contributed by atoms with Crippen LogP contribution in [0, 0.1) is 11.3 Å². The highest BCUT2D eigenvalue weighted by atomic mass is 35.5. The minimum Gasteiger partial charge on any atom is -0.319 e. The van der Waals surface area contributed by atoms with Crippen molar-refractivity contribution < 1.29 is 14.4 Å². The standard InChI is InChI=1S/C19H14ClN3O3/c1-19(14-4-2-3-12(9-14)10-21)17(25)23(18(26)22-19)11-16(24)13-5-7-15(20)8-6-13/h2-9H,11H2,1H3,(H,22,26)/t19-/m1/s1. The molecule has 1 saturated heterocycles. The van der Waals surface area contributed by atoms with Crippen LogP contribution >= 0.6 is 11.6 Å². The Hall–Kier alpha value is -3.17. The second kappa shape index (κ2) is 6.62. The highest BCUT2D eigenvalue weighted by Gasteiger charge is 2.49. The molecular weight excluding hydrogens is 354 g/mol. The lowest BCUT2D eigenvalue weighted by Gasteiger charge is -2.22. The zero-order valence-electron chi connectivity index (χ0n) is 13.8. The summed E-state index contributed by atoms with van der Waals surface area (Å²) in [6.07, 6.45) is 0. The van der Waals surface area contributed by atoms with E-state index in [1.54, 1.807) is 55.5 Å². The SMILES string of the molecule is C[C@]1(c2cccc(C#N)c2)NC(=O)N(CC(=O)c2ccc(Cl)cc2)C1=O. The summed E-state index contributed by atoms with van der Waals surface area (Å²) in [5, 5.41) is 12.1. The number of carbonyl (C=O) groups excluding carboxylic acids is 3. The van der Waals surface area contributed by atoms with Gasteiger partial charge in [0.2, 0.25) is 0 Å². The summed E-state index contributed by atoms with van der Waals surface area (Å²) < 4.78 is 0. The van der Waals surface area contributed by atoms with Crippen LogP contribution in [-0.2, 0) is 10.3 Å². The number of rotatable bonds is 4. The maximum atomic E-state index is 12.8. The number of halogens is 1. The molecule has 0 saturated carbocycles. The molecule has 2 aromatic rings. The number of urea groups is 1. The molecule has 1 aliphatic heterocycles. The van der Waals surface area contributed by atoms with E-state index in [0.29, 0.717) is 21.7 Å². The molecule has 2 aromatic carbocycles. The van der Waals surface area contributed by atoms with Crippen molar-refractivity contribution in [3.63, 3.8) is 0 Å². The van der Waals surface area contributed by atoms with Crippen molar-refractivity contribution in [2.75, 3.05) is 6.54 Å². The van der Waals surface area contributed by atoms with Crippen molar-refractivity contribution in [1.82, 2.24) is 10.2 Å². The smallest absolute Gasteiger partial charge is 0.319 e. The van der Waals surface area contributed by atoms with Gasteiger partial charge in [0.1, 0.15) is 5.54 Å². The highest BCUT2D eigenvalue weighted by molar-refractivity contribution is 6.30. The van der Waals surface area contributed by atoms with Crippen LogP contribution in [0.4, 0.5) is 4.79 Å². The number of ketones is 1. The lowest BCUT2D eigenvalue weighted by atomic mass is 9.91. The number of benzene rings is 2. The fourth-order valence-corrected chi connectivity index (χ4v) is 2.93. The zero-order chi connectivity index (χ0) is 18.9. The van der Waals surface area contributed by atoms with Crippen molar-refractivity contribution in [3.8, 4) is 6.07 Å². The van der Waals surface area contributed by atoms with Gasteiger partial charge in [0.25, 0.3) is 5.91 Å². The van der Waals surface area contributed by atoms with Gasteiger partial charge in [-0.1, -0.05) is 23.7 Å². The van der Waals surface area contributed by atoms with Crippen molar-refractivity contribution in [2.45, 2.75) is 12.5 Å².